The van der Waals surface area contributed by atoms with Crippen molar-refractivity contribution in [1.29, 1.82) is 0 Å². The zero-order chi connectivity index (χ0) is 16.2. The number of amides is 1. The minimum atomic E-state index is 0.0413. The first kappa shape index (κ1) is 15.7. The van der Waals surface area contributed by atoms with Crippen LogP contribution < -0.4 is 0 Å². The van der Waals surface area contributed by atoms with Gasteiger partial charge in [-0.2, -0.15) is 0 Å². The molecule has 1 aliphatic heterocycles. The van der Waals surface area contributed by atoms with Crippen LogP contribution in [0.5, 0.6) is 0 Å². The molecule has 0 unspecified atom stereocenters. The SMILES string of the molecule is COCC(=O)N1CCC[C@H]1c1cc(-c2ccccc2)cc(C)n1. The van der Waals surface area contributed by atoms with Gasteiger partial charge in [-0.15, -0.1) is 0 Å². The number of benzene rings is 1. The van der Waals surface area contributed by atoms with Crippen LogP contribution in [0.2, 0.25) is 0 Å². The van der Waals surface area contributed by atoms with Gasteiger partial charge < -0.3 is 9.64 Å². The molecule has 1 amide bonds. The number of likely N-dealkylation sites (tertiary alicyclic amines) is 1. The van der Waals surface area contributed by atoms with Crippen LogP contribution in [0.3, 0.4) is 0 Å². The summed E-state index contributed by atoms with van der Waals surface area (Å²) in [6.45, 7) is 2.92. The van der Waals surface area contributed by atoms with E-state index < -0.39 is 0 Å². The highest BCUT2D eigenvalue weighted by Crippen LogP contribution is 2.33. The van der Waals surface area contributed by atoms with Crippen molar-refractivity contribution in [1.82, 2.24) is 9.88 Å². The second-order valence-corrected chi connectivity index (χ2v) is 5.97. The maximum atomic E-state index is 12.2. The van der Waals surface area contributed by atoms with Gasteiger partial charge in [-0.3, -0.25) is 9.78 Å². The van der Waals surface area contributed by atoms with Crippen molar-refractivity contribution in [3.8, 4) is 11.1 Å². The molecule has 1 fully saturated rings. The first-order valence-corrected chi connectivity index (χ1v) is 8.01. The van der Waals surface area contributed by atoms with Crippen molar-refractivity contribution in [2.45, 2.75) is 25.8 Å². The molecule has 0 radical (unpaired) electrons. The van der Waals surface area contributed by atoms with Gasteiger partial charge in [0, 0.05) is 19.3 Å². The summed E-state index contributed by atoms with van der Waals surface area (Å²) < 4.78 is 5.01. The summed E-state index contributed by atoms with van der Waals surface area (Å²) in [7, 11) is 1.56. The lowest BCUT2D eigenvalue weighted by atomic mass is 10.0. The summed E-state index contributed by atoms with van der Waals surface area (Å²) in [5.41, 5.74) is 4.28. The van der Waals surface area contributed by atoms with Crippen molar-refractivity contribution < 1.29 is 9.53 Å². The van der Waals surface area contributed by atoms with Gasteiger partial charge in [0.15, 0.2) is 0 Å². The molecule has 1 saturated heterocycles. The average Bonchev–Trinajstić information content (AvgIpc) is 3.05. The molecule has 4 heteroatoms. The van der Waals surface area contributed by atoms with E-state index in [-0.39, 0.29) is 18.6 Å². The molecule has 120 valence electrons. The minimum absolute atomic E-state index is 0.0413. The molecule has 4 nitrogen and oxygen atoms in total. The largest absolute Gasteiger partial charge is 0.375 e. The molecule has 1 aromatic carbocycles. The zero-order valence-corrected chi connectivity index (χ0v) is 13.7. The summed E-state index contributed by atoms with van der Waals surface area (Å²) in [6.07, 6.45) is 1.97. The Morgan fingerprint density at radius 3 is 2.78 bits per heavy atom. The lowest BCUT2D eigenvalue weighted by Crippen LogP contribution is -2.33. The number of aryl methyl sites for hydroxylation is 1. The quantitative estimate of drug-likeness (QED) is 0.869. The predicted molar refractivity (Wildman–Crippen MR) is 90.0 cm³/mol. The third-order valence-electron chi connectivity index (χ3n) is 4.26. The van der Waals surface area contributed by atoms with E-state index in [1.165, 1.54) is 5.56 Å². The van der Waals surface area contributed by atoms with Gasteiger partial charge in [-0.1, -0.05) is 30.3 Å². The van der Waals surface area contributed by atoms with E-state index in [1.807, 2.05) is 30.0 Å². The molecule has 23 heavy (non-hydrogen) atoms. The van der Waals surface area contributed by atoms with Gasteiger partial charge in [-0.05, 0) is 43.0 Å². The van der Waals surface area contributed by atoms with Crippen LogP contribution in [0.15, 0.2) is 42.5 Å². The summed E-state index contributed by atoms with van der Waals surface area (Å²) in [4.78, 5) is 18.8. The number of hydrogen-bond acceptors (Lipinski definition) is 3. The van der Waals surface area contributed by atoms with E-state index >= 15 is 0 Å². The van der Waals surface area contributed by atoms with Gasteiger partial charge in [0.1, 0.15) is 6.61 Å². The van der Waals surface area contributed by atoms with Crippen LogP contribution in [0.25, 0.3) is 11.1 Å². The van der Waals surface area contributed by atoms with Crippen molar-refractivity contribution in [2.24, 2.45) is 0 Å². The number of carbonyl (C=O) groups is 1. The minimum Gasteiger partial charge on any atom is -0.375 e. The summed E-state index contributed by atoms with van der Waals surface area (Å²) in [6, 6.07) is 14.5. The maximum Gasteiger partial charge on any atom is 0.249 e. The van der Waals surface area contributed by atoms with Crippen LogP contribution in [-0.2, 0) is 9.53 Å². The lowest BCUT2D eigenvalue weighted by Gasteiger charge is -2.24. The Morgan fingerprint density at radius 1 is 1.26 bits per heavy atom. The van der Waals surface area contributed by atoms with Crippen LogP contribution in [0.1, 0.15) is 30.3 Å². The van der Waals surface area contributed by atoms with Gasteiger partial charge >= 0.3 is 0 Å². The van der Waals surface area contributed by atoms with Gasteiger partial charge in [0.25, 0.3) is 0 Å². The number of nitrogens with zero attached hydrogens (tertiary/aromatic N) is 2. The molecule has 2 aromatic rings. The fourth-order valence-electron chi connectivity index (χ4n) is 3.24. The van der Waals surface area contributed by atoms with Gasteiger partial charge in [0.2, 0.25) is 5.91 Å². The Hall–Kier alpha value is -2.20. The standard InChI is InChI=1S/C19H22N2O2/c1-14-11-16(15-7-4-3-5-8-15)12-17(20-14)18-9-6-10-21(18)19(22)13-23-2/h3-5,7-8,11-12,18H,6,9-10,13H2,1-2H3/t18-/m0/s1. The Balaban J connectivity index is 1.93. The number of rotatable bonds is 4. The Labute approximate surface area is 137 Å². The van der Waals surface area contributed by atoms with E-state index in [2.05, 4.69) is 24.3 Å². The molecule has 0 aliphatic carbocycles. The van der Waals surface area contributed by atoms with Gasteiger partial charge in [0.05, 0.1) is 11.7 Å². The Morgan fingerprint density at radius 2 is 2.04 bits per heavy atom. The molecule has 2 heterocycles. The summed E-state index contributed by atoms with van der Waals surface area (Å²) in [5, 5.41) is 0. The second-order valence-electron chi connectivity index (χ2n) is 5.97. The summed E-state index contributed by atoms with van der Waals surface area (Å²) in [5.74, 6) is 0.0413. The molecule has 1 aromatic heterocycles. The molecule has 0 saturated carbocycles. The molecule has 0 N–H and O–H groups in total. The monoisotopic (exact) mass is 310 g/mol. The van der Waals surface area contributed by atoms with E-state index in [4.69, 9.17) is 9.72 Å². The van der Waals surface area contributed by atoms with Crippen LogP contribution in [-0.4, -0.2) is 36.1 Å². The predicted octanol–water partition coefficient (Wildman–Crippen LogP) is 3.37. The number of carbonyl (C=O) groups excluding carboxylic acids is 1. The number of aromatic nitrogens is 1. The molecule has 0 bridgehead atoms. The number of pyridine rings is 1. The van der Waals surface area contributed by atoms with E-state index in [9.17, 15) is 4.79 Å². The molecular formula is C19H22N2O2. The Kier molecular flexibility index (Phi) is 4.72. The third-order valence-corrected chi connectivity index (χ3v) is 4.26. The van der Waals surface area contributed by atoms with Crippen LogP contribution in [0, 0.1) is 6.92 Å². The summed E-state index contributed by atoms with van der Waals surface area (Å²) >= 11 is 0. The third kappa shape index (κ3) is 3.42. The lowest BCUT2D eigenvalue weighted by molar-refractivity contribution is -0.136. The fraction of sp³-hybridized carbons (Fsp3) is 0.368. The number of hydrogen-bond donors (Lipinski definition) is 0. The normalized spacial score (nSPS) is 17.5. The van der Waals surface area contributed by atoms with E-state index in [0.717, 1.165) is 36.3 Å². The fourth-order valence-corrected chi connectivity index (χ4v) is 3.24. The highest BCUT2D eigenvalue weighted by atomic mass is 16.5. The molecule has 1 aliphatic rings. The maximum absolute atomic E-state index is 12.2. The highest BCUT2D eigenvalue weighted by Gasteiger charge is 2.31. The van der Waals surface area contributed by atoms with Crippen LogP contribution in [0.4, 0.5) is 0 Å². The first-order valence-electron chi connectivity index (χ1n) is 8.01. The van der Waals surface area contributed by atoms with Gasteiger partial charge in [-0.25, -0.2) is 0 Å². The molecule has 0 spiro atoms. The van der Waals surface area contributed by atoms with E-state index in [1.54, 1.807) is 7.11 Å². The second kappa shape index (κ2) is 6.92. The number of methoxy groups -OCH3 is 1. The van der Waals surface area contributed by atoms with Crippen molar-refractivity contribution in [3.05, 3.63) is 53.9 Å². The first-order chi connectivity index (χ1) is 11.2. The smallest absolute Gasteiger partial charge is 0.249 e. The Bertz CT molecular complexity index is 685. The topological polar surface area (TPSA) is 42.4 Å². The van der Waals surface area contributed by atoms with Crippen LogP contribution >= 0.6 is 0 Å². The van der Waals surface area contributed by atoms with Crippen molar-refractivity contribution in [2.75, 3.05) is 20.3 Å². The molecule has 3 rings (SSSR count). The van der Waals surface area contributed by atoms with Crippen molar-refractivity contribution >= 4 is 5.91 Å². The molecular weight excluding hydrogens is 288 g/mol. The average molecular weight is 310 g/mol. The van der Waals surface area contributed by atoms with E-state index in [0.29, 0.717) is 0 Å². The molecule has 1 atom stereocenters. The number of ether oxygens (including phenoxy) is 1. The van der Waals surface area contributed by atoms with Crippen molar-refractivity contribution in [3.63, 3.8) is 0 Å². The highest BCUT2D eigenvalue weighted by molar-refractivity contribution is 5.78. The zero-order valence-electron chi connectivity index (χ0n) is 13.7.